The van der Waals surface area contributed by atoms with Gasteiger partial charge in [-0.1, -0.05) is 36.4 Å². The summed E-state index contributed by atoms with van der Waals surface area (Å²) >= 11 is 0. The Labute approximate surface area is 201 Å². The van der Waals surface area contributed by atoms with Crippen LogP contribution < -0.4 is 14.8 Å². The molecule has 8 nitrogen and oxygen atoms in total. The Balaban J connectivity index is 1.60. The van der Waals surface area contributed by atoms with E-state index in [2.05, 4.69) is 5.32 Å². The van der Waals surface area contributed by atoms with Gasteiger partial charge in [-0.25, -0.2) is 4.79 Å². The largest absolute Gasteiger partial charge is 0.493 e. The number of nitrogens with zero attached hydrogens (tertiary/aromatic N) is 1. The highest BCUT2D eigenvalue weighted by Crippen LogP contribution is 2.28. The van der Waals surface area contributed by atoms with Gasteiger partial charge in [0.15, 0.2) is 11.5 Å². The van der Waals surface area contributed by atoms with Gasteiger partial charge in [0.2, 0.25) is 0 Å². The molecule has 1 aliphatic heterocycles. The van der Waals surface area contributed by atoms with Gasteiger partial charge in [0.25, 0.3) is 0 Å². The molecule has 1 amide bonds. The first-order valence-corrected chi connectivity index (χ1v) is 11.6. The van der Waals surface area contributed by atoms with Crippen molar-refractivity contribution in [2.45, 2.75) is 44.9 Å². The second-order valence-corrected chi connectivity index (χ2v) is 8.10. The smallest absolute Gasteiger partial charge is 0.410 e. The Kier molecular flexibility index (Phi) is 9.58. The fourth-order valence-electron chi connectivity index (χ4n) is 4.20. The van der Waals surface area contributed by atoms with Crippen LogP contribution in [0, 0.1) is 0 Å². The Bertz CT molecular complexity index is 936. The molecule has 3 rings (SSSR count). The molecule has 2 atom stereocenters. The molecule has 1 heterocycles. The van der Waals surface area contributed by atoms with Gasteiger partial charge < -0.3 is 29.2 Å². The Morgan fingerprint density at radius 3 is 2.47 bits per heavy atom. The zero-order chi connectivity index (χ0) is 24.3. The minimum atomic E-state index is -0.414. The molecule has 0 aliphatic carbocycles. The fourth-order valence-corrected chi connectivity index (χ4v) is 4.20. The number of nitrogens with one attached hydrogen (secondary N) is 1. The molecule has 8 heteroatoms. The molecule has 2 aromatic carbocycles. The summed E-state index contributed by atoms with van der Waals surface area (Å²) in [6.45, 7) is 3.48. The molecule has 184 valence electrons. The van der Waals surface area contributed by atoms with Crippen molar-refractivity contribution >= 4 is 12.1 Å². The summed E-state index contributed by atoms with van der Waals surface area (Å²) < 4.78 is 21.4. The zero-order valence-corrected chi connectivity index (χ0v) is 20.1. The van der Waals surface area contributed by atoms with Crippen molar-refractivity contribution in [3.8, 4) is 11.5 Å². The van der Waals surface area contributed by atoms with E-state index in [0.717, 1.165) is 24.0 Å². The number of likely N-dealkylation sites (tertiary alicyclic amines) is 1. The number of methoxy groups -OCH3 is 2. The average molecular weight is 471 g/mol. The van der Waals surface area contributed by atoms with Crippen LogP contribution in [0.1, 0.15) is 30.9 Å². The van der Waals surface area contributed by atoms with Crippen LogP contribution in [0.2, 0.25) is 0 Å². The normalized spacial score (nSPS) is 17.3. The molecule has 34 heavy (non-hydrogen) atoms. The molecule has 1 aliphatic rings. The maximum absolute atomic E-state index is 12.8. The van der Waals surface area contributed by atoms with Crippen LogP contribution in [0.25, 0.3) is 0 Å². The summed E-state index contributed by atoms with van der Waals surface area (Å²) in [4.78, 5) is 26.7. The summed E-state index contributed by atoms with van der Waals surface area (Å²) in [5.74, 6) is 1.06. The molecule has 0 radical (unpaired) electrons. The van der Waals surface area contributed by atoms with Crippen molar-refractivity contribution in [3.63, 3.8) is 0 Å². The molecule has 1 N–H and O–H groups in total. The summed E-state index contributed by atoms with van der Waals surface area (Å²) in [6.07, 6.45) is 1.21. The van der Waals surface area contributed by atoms with Crippen molar-refractivity contribution in [1.29, 1.82) is 0 Å². The molecule has 0 spiro atoms. The first-order valence-electron chi connectivity index (χ1n) is 11.6. The van der Waals surface area contributed by atoms with Crippen molar-refractivity contribution < 1.29 is 28.5 Å². The van der Waals surface area contributed by atoms with Gasteiger partial charge in [0.05, 0.1) is 33.3 Å². The Hall–Kier alpha value is -3.26. The van der Waals surface area contributed by atoms with Gasteiger partial charge >= 0.3 is 12.1 Å². The van der Waals surface area contributed by atoms with Gasteiger partial charge in [-0.3, -0.25) is 4.79 Å². The van der Waals surface area contributed by atoms with Crippen LogP contribution in [0.4, 0.5) is 4.79 Å². The molecule has 2 aromatic rings. The third-order valence-corrected chi connectivity index (χ3v) is 5.93. The average Bonchev–Trinajstić information content (AvgIpc) is 3.25. The van der Waals surface area contributed by atoms with E-state index in [1.54, 1.807) is 26.0 Å². The number of ether oxygens (including phenoxy) is 4. The molecular formula is C26H34N2O6. The number of esters is 1. The van der Waals surface area contributed by atoms with Crippen LogP contribution >= 0.6 is 0 Å². The van der Waals surface area contributed by atoms with Crippen LogP contribution in [0.5, 0.6) is 11.5 Å². The van der Waals surface area contributed by atoms with E-state index in [4.69, 9.17) is 18.9 Å². The molecule has 1 saturated heterocycles. The lowest BCUT2D eigenvalue weighted by Crippen LogP contribution is -2.46. The highest BCUT2D eigenvalue weighted by molar-refractivity contribution is 5.73. The highest BCUT2D eigenvalue weighted by Gasteiger charge is 2.39. The maximum Gasteiger partial charge on any atom is 0.410 e. The Morgan fingerprint density at radius 2 is 1.76 bits per heavy atom. The minimum Gasteiger partial charge on any atom is -0.493 e. The fraction of sp³-hybridized carbons (Fsp3) is 0.462. The van der Waals surface area contributed by atoms with E-state index in [9.17, 15) is 9.59 Å². The SMILES string of the molecule is CCOC(=O)C[C@@H]1[C@@H](NCCc2ccc(OC)c(OC)c2)CCN1C(=O)OCc1ccccc1. The van der Waals surface area contributed by atoms with E-state index >= 15 is 0 Å². The predicted molar refractivity (Wildman–Crippen MR) is 128 cm³/mol. The third-order valence-electron chi connectivity index (χ3n) is 5.93. The highest BCUT2D eigenvalue weighted by atomic mass is 16.6. The number of hydrogen-bond acceptors (Lipinski definition) is 7. The number of carbonyl (C=O) groups is 2. The van der Waals surface area contributed by atoms with Gasteiger partial charge in [-0.05, 0) is 49.6 Å². The third kappa shape index (κ3) is 6.87. The van der Waals surface area contributed by atoms with Gasteiger partial charge in [-0.15, -0.1) is 0 Å². The summed E-state index contributed by atoms with van der Waals surface area (Å²) in [5.41, 5.74) is 2.02. The standard InChI is InChI=1S/C26H34N2O6/c1-4-33-25(29)17-22-21(27-14-12-19-10-11-23(31-2)24(16-19)32-3)13-15-28(22)26(30)34-18-20-8-6-5-7-9-20/h5-11,16,21-22,27H,4,12-15,17-18H2,1-3H3/t21-,22+/m0/s1. The van der Waals surface area contributed by atoms with E-state index in [0.29, 0.717) is 31.2 Å². The van der Waals surface area contributed by atoms with Gasteiger partial charge in [-0.2, -0.15) is 0 Å². The van der Waals surface area contributed by atoms with E-state index in [1.165, 1.54) is 0 Å². The summed E-state index contributed by atoms with van der Waals surface area (Å²) in [7, 11) is 3.23. The molecular weight excluding hydrogens is 436 g/mol. The topological polar surface area (TPSA) is 86.3 Å². The summed E-state index contributed by atoms with van der Waals surface area (Å²) in [5, 5.41) is 3.52. The van der Waals surface area contributed by atoms with Crippen LogP contribution in [-0.2, 0) is 27.3 Å². The van der Waals surface area contributed by atoms with Crippen LogP contribution in [0.3, 0.4) is 0 Å². The summed E-state index contributed by atoms with van der Waals surface area (Å²) in [6, 6.07) is 15.0. The lowest BCUT2D eigenvalue weighted by Gasteiger charge is -2.27. The number of amides is 1. The number of rotatable bonds is 11. The van der Waals surface area contributed by atoms with Crippen molar-refractivity contribution in [2.75, 3.05) is 33.9 Å². The quantitative estimate of drug-likeness (QED) is 0.503. The second-order valence-electron chi connectivity index (χ2n) is 8.10. The predicted octanol–water partition coefficient (Wildman–Crippen LogP) is 3.57. The minimum absolute atomic E-state index is 0.0335. The van der Waals surface area contributed by atoms with Crippen molar-refractivity contribution in [2.24, 2.45) is 0 Å². The van der Waals surface area contributed by atoms with Crippen molar-refractivity contribution in [1.82, 2.24) is 10.2 Å². The molecule has 0 bridgehead atoms. The molecule has 0 unspecified atom stereocenters. The van der Waals surface area contributed by atoms with E-state index in [-0.39, 0.29) is 31.1 Å². The maximum atomic E-state index is 12.8. The lowest BCUT2D eigenvalue weighted by atomic mass is 10.0. The van der Waals surface area contributed by atoms with E-state index < -0.39 is 6.09 Å². The Morgan fingerprint density at radius 1 is 1.00 bits per heavy atom. The first kappa shape index (κ1) is 25.4. The first-order chi connectivity index (χ1) is 16.5. The van der Waals surface area contributed by atoms with E-state index in [1.807, 2.05) is 48.5 Å². The molecule has 0 aromatic heterocycles. The number of hydrogen-bond donors (Lipinski definition) is 1. The van der Waals surface area contributed by atoms with Gasteiger partial charge in [0, 0.05) is 12.6 Å². The number of benzene rings is 2. The van der Waals surface area contributed by atoms with Gasteiger partial charge in [0.1, 0.15) is 6.61 Å². The molecule has 1 fully saturated rings. The number of carbonyl (C=O) groups excluding carboxylic acids is 2. The lowest BCUT2D eigenvalue weighted by molar-refractivity contribution is -0.144. The second kappa shape index (κ2) is 12.8. The van der Waals surface area contributed by atoms with Crippen molar-refractivity contribution in [3.05, 3.63) is 59.7 Å². The van der Waals surface area contributed by atoms with Crippen LogP contribution in [0.15, 0.2) is 48.5 Å². The molecule has 0 saturated carbocycles. The van der Waals surface area contributed by atoms with Crippen LogP contribution in [-0.4, -0.2) is 63.0 Å². The zero-order valence-electron chi connectivity index (χ0n) is 20.1. The monoisotopic (exact) mass is 470 g/mol.